The zero-order valence-electron chi connectivity index (χ0n) is 14.1. The fourth-order valence-electron chi connectivity index (χ4n) is 2.57. The van der Waals surface area contributed by atoms with Gasteiger partial charge in [0.25, 0.3) is 5.91 Å². The third-order valence-electron chi connectivity index (χ3n) is 3.94. The van der Waals surface area contributed by atoms with Crippen LogP contribution in [0, 0.1) is 0 Å². The van der Waals surface area contributed by atoms with Crippen molar-refractivity contribution in [2.45, 2.75) is 31.5 Å². The zero-order valence-corrected chi connectivity index (χ0v) is 14.9. The van der Waals surface area contributed by atoms with Gasteiger partial charge in [-0.2, -0.15) is 11.8 Å². The van der Waals surface area contributed by atoms with Crippen molar-refractivity contribution in [1.29, 1.82) is 0 Å². The molecule has 0 bridgehead atoms. The second-order valence-corrected chi connectivity index (χ2v) is 6.83. The molecule has 1 aliphatic rings. The maximum Gasteiger partial charge on any atom is 0.325 e. The number of hydrogen-bond acceptors (Lipinski definition) is 5. The minimum Gasteiger partial charge on any atom is -0.394 e. The number of rotatable bonds is 9. The van der Waals surface area contributed by atoms with Gasteiger partial charge in [-0.3, -0.25) is 14.5 Å². The summed E-state index contributed by atoms with van der Waals surface area (Å²) in [6.07, 6.45) is 2.46. The van der Waals surface area contributed by atoms with E-state index in [0.717, 1.165) is 16.2 Å². The first-order valence-electron chi connectivity index (χ1n) is 8.10. The average Bonchev–Trinajstić information content (AvgIpc) is 2.87. The molecule has 2 rings (SSSR count). The third kappa shape index (κ3) is 5.47. The Kier molecular flexibility index (Phi) is 7.27. The molecule has 1 aliphatic heterocycles. The van der Waals surface area contributed by atoms with Crippen LogP contribution < -0.4 is 10.6 Å². The van der Waals surface area contributed by atoms with E-state index >= 15 is 0 Å². The standard InChI is InChI=1S/C17H23N3O4S/c1-25-8-7-13(11-21)18-15(22)9-14-16(23)20(17(24)19-14)10-12-5-3-2-4-6-12/h2-6,13-14,21H,7-11H2,1H3,(H,18,22)(H,19,24)/t13-,14+/m0/s1. The lowest BCUT2D eigenvalue weighted by atomic mass is 10.1. The zero-order chi connectivity index (χ0) is 18.2. The van der Waals surface area contributed by atoms with E-state index in [1.54, 1.807) is 11.8 Å². The molecular formula is C17H23N3O4S. The van der Waals surface area contributed by atoms with Crippen LogP contribution in [0.1, 0.15) is 18.4 Å². The number of carbonyl (C=O) groups excluding carboxylic acids is 3. The number of aliphatic hydroxyl groups is 1. The van der Waals surface area contributed by atoms with Crippen LogP contribution in [0.25, 0.3) is 0 Å². The summed E-state index contributed by atoms with van der Waals surface area (Å²) in [6, 6.07) is 7.49. The van der Waals surface area contributed by atoms with Gasteiger partial charge in [0.1, 0.15) is 6.04 Å². The lowest BCUT2D eigenvalue weighted by molar-refractivity contribution is -0.131. The van der Waals surface area contributed by atoms with E-state index in [0.29, 0.717) is 6.42 Å². The molecule has 1 saturated heterocycles. The Morgan fingerprint density at radius 1 is 1.36 bits per heavy atom. The molecular weight excluding hydrogens is 342 g/mol. The maximum absolute atomic E-state index is 12.4. The lowest BCUT2D eigenvalue weighted by Gasteiger charge is -2.17. The van der Waals surface area contributed by atoms with Gasteiger partial charge in [0.05, 0.1) is 25.6 Å². The van der Waals surface area contributed by atoms with Crippen molar-refractivity contribution in [2.24, 2.45) is 0 Å². The van der Waals surface area contributed by atoms with E-state index in [-0.39, 0.29) is 31.5 Å². The van der Waals surface area contributed by atoms with E-state index in [4.69, 9.17) is 0 Å². The number of urea groups is 1. The summed E-state index contributed by atoms with van der Waals surface area (Å²) < 4.78 is 0. The van der Waals surface area contributed by atoms with E-state index < -0.39 is 18.0 Å². The Morgan fingerprint density at radius 2 is 2.08 bits per heavy atom. The van der Waals surface area contributed by atoms with Crippen molar-refractivity contribution < 1.29 is 19.5 Å². The van der Waals surface area contributed by atoms with Crippen molar-refractivity contribution in [3.05, 3.63) is 35.9 Å². The number of nitrogens with zero attached hydrogens (tertiary/aromatic N) is 1. The number of carbonyl (C=O) groups is 3. The molecule has 7 nitrogen and oxygen atoms in total. The minimum absolute atomic E-state index is 0.133. The summed E-state index contributed by atoms with van der Waals surface area (Å²) in [5.74, 6) is 0.0455. The highest BCUT2D eigenvalue weighted by molar-refractivity contribution is 7.98. The molecule has 0 spiro atoms. The highest BCUT2D eigenvalue weighted by Crippen LogP contribution is 2.14. The summed E-state index contributed by atoms with van der Waals surface area (Å²) in [4.78, 5) is 37.6. The van der Waals surface area contributed by atoms with E-state index in [2.05, 4.69) is 10.6 Å². The summed E-state index contributed by atoms with van der Waals surface area (Å²) in [6.45, 7) is 0.0218. The van der Waals surface area contributed by atoms with Crippen molar-refractivity contribution in [1.82, 2.24) is 15.5 Å². The Balaban J connectivity index is 1.89. The first-order valence-corrected chi connectivity index (χ1v) is 9.49. The molecule has 136 valence electrons. The molecule has 8 heteroatoms. The Bertz CT molecular complexity index is 611. The number of benzene rings is 1. The van der Waals surface area contributed by atoms with Crippen molar-refractivity contribution >= 4 is 29.6 Å². The molecule has 0 aromatic heterocycles. The number of hydrogen-bond donors (Lipinski definition) is 3. The average molecular weight is 365 g/mol. The number of nitrogens with one attached hydrogen (secondary N) is 2. The maximum atomic E-state index is 12.4. The molecule has 0 saturated carbocycles. The Labute approximate surface area is 151 Å². The van der Waals surface area contributed by atoms with Crippen LogP contribution in [0.4, 0.5) is 4.79 Å². The van der Waals surface area contributed by atoms with Crippen LogP contribution in [-0.2, 0) is 16.1 Å². The van der Waals surface area contributed by atoms with E-state index in [9.17, 15) is 19.5 Å². The molecule has 1 aromatic rings. The molecule has 4 amide bonds. The summed E-state index contributed by atoms with van der Waals surface area (Å²) in [5.41, 5.74) is 0.841. The fraction of sp³-hybridized carbons (Fsp3) is 0.471. The quantitative estimate of drug-likeness (QED) is 0.560. The van der Waals surface area contributed by atoms with Gasteiger partial charge in [-0.1, -0.05) is 30.3 Å². The number of imide groups is 1. The molecule has 25 heavy (non-hydrogen) atoms. The fourth-order valence-corrected chi connectivity index (χ4v) is 3.09. The summed E-state index contributed by atoms with van der Waals surface area (Å²) in [5, 5.41) is 14.5. The molecule has 1 fully saturated rings. The summed E-state index contributed by atoms with van der Waals surface area (Å²) >= 11 is 1.63. The molecule has 2 atom stereocenters. The lowest BCUT2D eigenvalue weighted by Crippen LogP contribution is -2.42. The molecule has 1 heterocycles. The van der Waals surface area contributed by atoms with E-state index in [1.807, 2.05) is 36.6 Å². The van der Waals surface area contributed by atoms with Crippen LogP contribution in [0.2, 0.25) is 0 Å². The SMILES string of the molecule is CSCC[C@@H](CO)NC(=O)C[C@H]1NC(=O)N(Cc2ccccc2)C1=O. The van der Waals surface area contributed by atoms with Gasteiger partial charge in [-0.25, -0.2) is 4.79 Å². The normalized spacial score (nSPS) is 18.2. The monoisotopic (exact) mass is 365 g/mol. The number of amides is 4. The Hall–Kier alpha value is -2.06. The third-order valence-corrected chi connectivity index (χ3v) is 4.58. The Morgan fingerprint density at radius 3 is 2.72 bits per heavy atom. The number of thioether (sulfide) groups is 1. The second-order valence-electron chi connectivity index (χ2n) is 5.84. The van der Waals surface area contributed by atoms with Crippen LogP contribution in [0.3, 0.4) is 0 Å². The predicted octanol–water partition coefficient (Wildman–Crippen LogP) is 0.727. The highest BCUT2D eigenvalue weighted by atomic mass is 32.2. The summed E-state index contributed by atoms with van der Waals surface area (Å²) in [7, 11) is 0. The van der Waals surface area contributed by atoms with Crippen molar-refractivity contribution in [3.8, 4) is 0 Å². The van der Waals surface area contributed by atoms with E-state index in [1.165, 1.54) is 0 Å². The van der Waals surface area contributed by atoms with Crippen LogP contribution in [-0.4, -0.2) is 58.6 Å². The van der Waals surface area contributed by atoms with Gasteiger partial charge in [0.15, 0.2) is 0 Å². The van der Waals surface area contributed by atoms with Crippen LogP contribution in [0.5, 0.6) is 0 Å². The molecule has 1 aromatic carbocycles. The van der Waals surface area contributed by atoms with Gasteiger partial charge in [-0.15, -0.1) is 0 Å². The largest absolute Gasteiger partial charge is 0.394 e. The van der Waals surface area contributed by atoms with Gasteiger partial charge in [0, 0.05) is 0 Å². The van der Waals surface area contributed by atoms with Crippen molar-refractivity contribution in [2.75, 3.05) is 18.6 Å². The van der Waals surface area contributed by atoms with Gasteiger partial charge in [-0.05, 0) is 24.0 Å². The smallest absolute Gasteiger partial charge is 0.325 e. The minimum atomic E-state index is -0.865. The number of aliphatic hydroxyl groups excluding tert-OH is 1. The van der Waals surface area contributed by atoms with Gasteiger partial charge in [0.2, 0.25) is 5.91 Å². The van der Waals surface area contributed by atoms with Gasteiger partial charge >= 0.3 is 6.03 Å². The first-order chi connectivity index (χ1) is 12.0. The van der Waals surface area contributed by atoms with Crippen LogP contribution in [0.15, 0.2) is 30.3 Å². The first kappa shape index (κ1) is 19.3. The molecule has 0 radical (unpaired) electrons. The topological polar surface area (TPSA) is 98.7 Å². The van der Waals surface area contributed by atoms with Crippen LogP contribution >= 0.6 is 11.8 Å². The molecule has 3 N–H and O–H groups in total. The van der Waals surface area contributed by atoms with Gasteiger partial charge < -0.3 is 15.7 Å². The predicted molar refractivity (Wildman–Crippen MR) is 95.9 cm³/mol. The van der Waals surface area contributed by atoms with Crippen molar-refractivity contribution in [3.63, 3.8) is 0 Å². The highest BCUT2D eigenvalue weighted by Gasteiger charge is 2.39. The second kappa shape index (κ2) is 9.43. The molecule has 0 unspecified atom stereocenters. The molecule has 0 aliphatic carbocycles.